The van der Waals surface area contributed by atoms with Crippen molar-refractivity contribution in [3.8, 4) is 11.8 Å². The van der Waals surface area contributed by atoms with Gasteiger partial charge in [0.25, 0.3) is 5.91 Å². The fourth-order valence-corrected chi connectivity index (χ4v) is 1.93. The zero-order valence-corrected chi connectivity index (χ0v) is 12.1. The standard InChI is InChI=1S/C17H17N3O/c1-13-5-3-7-16(9-13)20(2)17(21)15-10-14(6-4-8-18)11-19-12-15/h3,5,7,9-12H,8,18H2,1-2H3. The SMILES string of the molecule is Cc1cccc(N(C)C(=O)c2cncc(C#CCN)c2)c1. The average molecular weight is 279 g/mol. The van der Waals surface area contributed by atoms with Gasteiger partial charge in [-0.05, 0) is 30.7 Å². The Labute approximate surface area is 124 Å². The van der Waals surface area contributed by atoms with E-state index >= 15 is 0 Å². The van der Waals surface area contributed by atoms with Gasteiger partial charge in [-0.1, -0.05) is 24.0 Å². The van der Waals surface area contributed by atoms with Gasteiger partial charge in [0.05, 0.1) is 12.1 Å². The number of nitrogens with zero attached hydrogens (tertiary/aromatic N) is 2. The van der Waals surface area contributed by atoms with Crippen molar-refractivity contribution in [2.24, 2.45) is 5.73 Å². The van der Waals surface area contributed by atoms with E-state index in [0.29, 0.717) is 11.1 Å². The Hall–Kier alpha value is -2.64. The summed E-state index contributed by atoms with van der Waals surface area (Å²) in [6.45, 7) is 2.27. The van der Waals surface area contributed by atoms with E-state index in [4.69, 9.17) is 5.73 Å². The van der Waals surface area contributed by atoms with Crippen LogP contribution in [0.2, 0.25) is 0 Å². The summed E-state index contributed by atoms with van der Waals surface area (Å²) in [7, 11) is 1.75. The molecule has 4 nitrogen and oxygen atoms in total. The molecule has 0 aliphatic rings. The Balaban J connectivity index is 2.27. The highest BCUT2D eigenvalue weighted by atomic mass is 16.2. The maximum absolute atomic E-state index is 12.5. The number of nitrogens with two attached hydrogens (primary N) is 1. The summed E-state index contributed by atoms with van der Waals surface area (Å²) in [4.78, 5) is 18.2. The van der Waals surface area contributed by atoms with Gasteiger partial charge in [0, 0.05) is 30.7 Å². The number of aryl methyl sites for hydroxylation is 1. The molecule has 0 aliphatic carbocycles. The first-order valence-corrected chi connectivity index (χ1v) is 6.60. The van der Waals surface area contributed by atoms with Crippen molar-refractivity contribution in [3.63, 3.8) is 0 Å². The first-order chi connectivity index (χ1) is 10.1. The van der Waals surface area contributed by atoms with E-state index in [1.54, 1.807) is 30.4 Å². The van der Waals surface area contributed by atoms with Crippen LogP contribution < -0.4 is 10.6 Å². The van der Waals surface area contributed by atoms with Crippen molar-refractivity contribution in [2.75, 3.05) is 18.5 Å². The molecule has 0 spiro atoms. The fraction of sp³-hybridized carbons (Fsp3) is 0.176. The summed E-state index contributed by atoms with van der Waals surface area (Å²) in [5.74, 6) is 5.51. The lowest BCUT2D eigenvalue weighted by Gasteiger charge is -2.17. The maximum atomic E-state index is 12.5. The molecule has 2 aromatic rings. The molecule has 106 valence electrons. The summed E-state index contributed by atoms with van der Waals surface area (Å²) >= 11 is 0. The predicted molar refractivity (Wildman–Crippen MR) is 84.1 cm³/mol. The van der Waals surface area contributed by atoms with Gasteiger partial charge in [-0.2, -0.15) is 0 Å². The molecule has 21 heavy (non-hydrogen) atoms. The van der Waals surface area contributed by atoms with Crippen LogP contribution in [0.3, 0.4) is 0 Å². The van der Waals surface area contributed by atoms with Crippen LogP contribution in [0.1, 0.15) is 21.5 Å². The molecule has 1 heterocycles. The minimum atomic E-state index is -0.121. The smallest absolute Gasteiger partial charge is 0.259 e. The number of rotatable bonds is 2. The van der Waals surface area contributed by atoms with E-state index in [2.05, 4.69) is 16.8 Å². The summed E-state index contributed by atoms with van der Waals surface area (Å²) < 4.78 is 0. The van der Waals surface area contributed by atoms with Crippen LogP contribution in [0.5, 0.6) is 0 Å². The second-order valence-corrected chi connectivity index (χ2v) is 4.67. The Kier molecular flexibility index (Phi) is 4.70. The van der Waals surface area contributed by atoms with Crippen molar-refractivity contribution in [2.45, 2.75) is 6.92 Å². The summed E-state index contributed by atoms with van der Waals surface area (Å²) in [6.07, 6.45) is 3.16. The lowest BCUT2D eigenvalue weighted by atomic mass is 10.1. The van der Waals surface area contributed by atoms with Crippen molar-refractivity contribution in [3.05, 3.63) is 59.4 Å². The Morgan fingerprint density at radius 1 is 1.33 bits per heavy atom. The van der Waals surface area contributed by atoms with Crippen LogP contribution in [0.25, 0.3) is 0 Å². The molecule has 0 radical (unpaired) electrons. The van der Waals surface area contributed by atoms with Crippen molar-refractivity contribution >= 4 is 11.6 Å². The number of carbonyl (C=O) groups is 1. The van der Waals surface area contributed by atoms with E-state index in [1.807, 2.05) is 31.2 Å². The second kappa shape index (κ2) is 6.69. The van der Waals surface area contributed by atoms with Gasteiger partial charge in [-0.3, -0.25) is 9.78 Å². The van der Waals surface area contributed by atoms with Crippen LogP contribution in [0, 0.1) is 18.8 Å². The quantitative estimate of drug-likeness (QED) is 0.855. The third-order valence-corrected chi connectivity index (χ3v) is 3.01. The predicted octanol–water partition coefficient (Wildman–Crippen LogP) is 1.98. The Morgan fingerprint density at radius 3 is 2.86 bits per heavy atom. The fourth-order valence-electron chi connectivity index (χ4n) is 1.93. The van der Waals surface area contributed by atoms with E-state index in [0.717, 1.165) is 11.3 Å². The minimum absolute atomic E-state index is 0.121. The topological polar surface area (TPSA) is 59.2 Å². The molecule has 0 unspecified atom stereocenters. The molecule has 0 fully saturated rings. The van der Waals surface area contributed by atoms with Crippen LogP contribution in [0.15, 0.2) is 42.7 Å². The van der Waals surface area contributed by atoms with Gasteiger partial charge >= 0.3 is 0 Å². The minimum Gasteiger partial charge on any atom is -0.320 e. The molecule has 0 aliphatic heterocycles. The first kappa shape index (κ1) is 14.8. The molecular weight excluding hydrogens is 262 g/mol. The molecule has 0 saturated heterocycles. The molecule has 1 aromatic carbocycles. The highest BCUT2D eigenvalue weighted by molar-refractivity contribution is 6.05. The monoisotopic (exact) mass is 279 g/mol. The summed E-state index contributed by atoms with van der Waals surface area (Å²) in [5.41, 5.74) is 8.48. The Morgan fingerprint density at radius 2 is 2.14 bits per heavy atom. The highest BCUT2D eigenvalue weighted by Gasteiger charge is 2.14. The third-order valence-electron chi connectivity index (χ3n) is 3.01. The zero-order chi connectivity index (χ0) is 15.2. The lowest BCUT2D eigenvalue weighted by Crippen LogP contribution is -2.26. The molecule has 0 bridgehead atoms. The number of pyridine rings is 1. The molecular formula is C17H17N3O. The molecule has 2 N–H and O–H groups in total. The normalized spacial score (nSPS) is 9.67. The van der Waals surface area contributed by atoms with Crippen LogP contribution in [0.4, 0.5) is 5.69 Å². The third kappa shape index (κ3) is 3.68. The molecule has 0 saturated carbocycles. The number of anilines is 1. The first-order valence-electron chi connectivity index (χ1n) is 6.60. The van der Waals surface area contributed by atoms with E-state index in [9.17, 15) is 4.79 Å². The van der Waals surface area contributed by atoms with Crippen LogP contribution >= 0.6 is 0 Å². The van der Waals surface area contributed by atoms with Crippen molar-refractivity contribution < 1.29 is 4.79 Å². The van der Waals surface area contributed by atoms with Gasteiger partial charge in [0.15, 0.2) is 0 Å². The van der Waals surface area contributed by atoms with Crippen molar-refractivity contribution in [1.82, 2.24) is 4.98 Å². The number of hydrogen-bond acceptors (Lipinski definition) is 3. The van der Waals surface area contributed by atoms with Gasteiger partial charge in [0.1, 0.15) is 0 Å². The van der Waals surface area contributed by atoms with Crippen LogP contribution in [-0.2, 0) is 0 Å². The molecule has 4 heteroatoms. The maximum Gasteiger partial charge on any atom is 0.259 e. The largest absolute Gasteiger partial charge is 0.320 e. The Bertz CT molecular complexity index is 713. The average Bonchev–Trinajstić information content (AvgIpc) is 2.51. The van der Waals surface area contributed by atoms with E-state index in [-0.39, 0.29) is 12.5 Å². The van der Waals surface area contributed by atoms with Gasteiger partial charge < -0.3 is 10.6 Å². The number of benzene rings is 1. The number of amides is 1. The molecule has 1 aromatic heterocycles. The zero-order valence-electron chi connectivity index (χ0n) is 12.1. The van der Waals surface area contributed by atoms with E-state index in [1.165, 1.54) is 0 Å². The van der Waals surface area contributed by atoms with E-state index < -0.39 is 0 Å². The van der Waals surface area contributed by atoms with Crippen molar-refractivity contribution in [1.29, 1.82) is 0 Å². The van der Waals surface area contributed by atoms with Gasteiger partial charge in [-0.15, -0.1) is 0 Å². The number of aromatic nitrogens is 1. The van der Waals surface area contributed by atoms with Gasteiger partial charge in [0.2, 0.25) is 0 Å². The number of hydrogen-bond donors (Lipinski definition) is 1. The summed E-state index contributed by atoms with van der Waals surface area (Å²) in [6, 6.07) is 9.51. The van der Waals surface area contributed by atoms with Crippen LogP contribution in [-0.4, -0.2) is 24.5 Å². The molecule has 1 amide bonds. The number of carbonyl (C=O) groups excluding carboxylic acids is 1. The molecule has 2 rings (SSSR count). The second-order valence-electron chi connectivity index (χ2n) is 4.67. The summed E-state index contributed by atoms with van der Waals surface area (Å²) in [5, 5.41) is 0. The van der Waals surface area contributed by atoms with Gasteiger partial charge in [-0.25, -0.2) is 0 Å². The lowest BCUT2D eigenvalue weighted by molar-refractivity contribution is 0.0992. The molecule has 0 atom stereocenters. The highest BCUT2D eigenvalue weighted by Crippen LogP contribution is 2.17.